The summed E-state index contributed by atoms with van der Waals surface area (Å²) in [4.78, 5) is 0. The van der Waals surface area contributed by atoms with Crippen LogP contribution in [-0.2, 0) is 5.60 Å². The molecule has 1 fully saturated rings. The Balaban J connectivity index is 2.34. The molecular formula is C11H15NO. The average Bonchev–Trinajstić information content (AvgIpc) is 2.50. The molecule has 2 atom stereocenters. The second kappa shape index (κ2) is 3.13. The van der Waals surface area contributed by atoms with Crippen molar-refractivity contribution < 1.29 is 5.11 Å². The van der Waals surface area contributed by atoms with Crippen LogP contribution in [0.5, 0.6) is 0 Å². The third-order valence-corrected chi connectivity index (χ3v) is 2.95. The third-order valence-electron chi connectivity index (χ3n) is 2.95. The molecule has 0 saturated carbocycles. The Morgan fingerprint density at radius 3 is 2.62 bits per heavy atom. The standard InChI is InChI=1S/C11H15NO/c1-9-11(13,7-8-12-9)10-5-3-2-4-6-10/h2-6,9,12-13H,7-8H2,1H3/t9-,11+/m0/s1. The maximum Gasteiger partial charge on any atom is 0.106 e. The van der Waals surface area contributed by atoms with Gasteiger partial charge in [0, 0.05) is 6.04 Å². The average molecular weight is 177 g/mol. The molecule has 1 aliphatic rings. The number of hydrogen-bond donors (Lipinski definition) is 2. The van der Waals surface area contributed by atoms with E-state index < -0.39 is 5.60 Å². The highest BCUT2D eigenvalue weighted by Crippen LogP contribution is 2.31. The van der Waals surface area contributed by atoms with Crippen LogP contribution in [0.1, 0.15) is 18.9 Å². The number of nitrogens with one attached hydrogen (secondary N) is 1. The predicted molar refractivity (Wildman–Crippen MR) is 52.4 cm³/mol. The maximum atomic E-state index is 10.4. The predicted octanol–water partition coefficient (Wildman–Crippen LogP) is 1.26. The topological polar surface area (TPSA) is 32.3 Å². The SMILES string of the molecule is C[C@@H]1NCC[C@]1(O)c1ccccc1. The lowest BCUT2D eigenvalue weighted by Gasteiger charge is -2.27. The van der Waals surface area contributed by atoms with Crippen molar-refractivity contribution in [1.29, 1.82) is 0 Å². The quantitative estimate of drug-likeness (QED) is 0.676. The Kier molecular flexibility index (Phi) is 2.10. The Labute approximate surface area is 78.6 Å². The van der Waals surface area contributed by atoms with Gasteiger partial charge in [-0.3, -0.25) is 0 Å². The van der Waals surface area contributed by atoms with Crippen LogP contribution in [0.4, 0.5) is 0 Å². The zero-order valence-corrected chi connectivity index (χ0v) is 7.83. The van der Waals surface area contributed by atoms with Crippen molar-refractivity contribution in [2.24, 2.45) is 0 Å². The van der Waals surface area contributed by atoms with Gasteiger partial charge < -0.3 is 10.4 Å². The van der Waals surface area contributed by atoms with Crippen LogP contribution >= 0.6 is 0 Å². The molecule has 2 heteroatoms. The monoisotopic (exact) mass is 177 g/mol. The summed E-state index contributed by atoms with van der Waals surface area (Å²) in [6.07, 6.45) is 0.804. The molecule has 0 bridgehead atoms. The van der Waals surface area contributed by atoms with Crippen LogP contribution in [0.25, 0.3) is 0 Å². The van der Waals surface area contributed by atoms with Gasteiger partial charge in [-0.15, -0.1) is 0 Å². The molecule has 2 rings (SSSR count). The molecule has 0 amide bonds. The zero-order valence-electron chi connectivity index (χ0n) is 7.83. The fourth-order valence-corrected chi connectivity index (χ4v) is 1.99. The zero-order chi connectivity index (χ0) is 9.31. The van der Waals surface area contributed by atoms with E-state index in [4.69, 9.17) is 0 Å². The van der Waals surface area contributed by atoms with Crippen LogP contribution < -0.4 is 5.32 Å². The normalized spacial score (nSPS) is 33.5. The minimum Gasteiger partial charge on any atom is -0.383 e. The van der Waals surface area contributed by atoms with Crippen molar-refractivity contribution in [1.82, 2.24) is 5.32 Å². The van der Waals surface area contributed by atoms with Crippen LogP contribution in [-0.4, -0.2) is 17.7 Å². The summed E-state index contributed by atoms with van der Waals surface area (Å²) in [6.45, 7) is 2.92. The van der Waals surface area contributed by atoms with Gasteiger partial charge in [-0.2, -0.15) is 0 Å². The molecule has 1 aromatic carbocycles. The summed E-state index contributed by atoms with van der Waals surface area (Å²) in [7, 11) is 0. The molecule has 0 radical (unpaired) electrons. The largest absolute Gasteiger partial charge is 0.383 e. The van der Waals surface area contributed by atoms with Crippen molar-refractivity contribution in [3.8, 4) is 0 Å². The van der Waals surface area contributed by atoms with Crippen LogP contribution in [0.3, 0.4) is 0 Å². The number of rotatable bonds is 1. The second-order valence-corrected chi connectivity index (χ2v) is 3.72. The van der Waals surface area contributed by atoms with E-state index in [9.17, 15) is 5.11 Å². The Hall–Kier alpha value is -0.860. The lowest BCUT2D eigenvalue weighted by atomic mass is 9.88. The fourth-order valence-electron chi connectivity index (χ4n) is 1.99. The van der Waals surface area contributed by atoms with E-state index >= 15 is 0 Å². The summed E-state index contributed by atoms with van der Waals surface area (Å²) in [6, 6.07) is 10.0. The van der Waals surface area contributed by atoms with E-state index in [1.807, 2.05) is 37.3 Å². The van der Waals surface area contributed by atoms with Crippen molar-refractivity contribution in [3.05, 3.63) is 35.9 Å². The highest BCUT2D eigenvalue weighted by atomic mass is 16.3. The Morgan fingerprint density at radius 2 is 2.08 bits per heavy atom. The van der Waals surface area contributed by atoms with Gasteiger partial charge in [-0.1, -0.05) is 30.3 Å². The molecule has 0 unspecified atom stereocenters. The number of aliphatic hydroxyl groups is 1. The number of hydrogen-bond acceptors (Lipinski definition) is 2. The minimum absolute atomic E-state index is 0.148. The Morgan fingerprint density at radius 1 is 1.38 bits per heavy atom. The van der Waals surface area contributed by atoms with Crippen LogP contribution in [0, 0.1) is 0 Å². The van der Waals surface area contributed by atoms with Crippen LogP contribution in [0.15, 0.2) is 30.3 Å². The van der Waals surface area contributed by atoms with E-state index in [1.54, 1.807) is 0 Å². The Bertz CT molecular complexity index is 285. The summed E-state index contributed by atoms with van der Waals surface area (Å²) in [5, 5.41) is 13.6. The smallest absolute Gasteiger partial charge is 0.106 e. The molecule has 0 aliphatic carbocycles. The summed E-state index contributed by atoms with van der Waals surface area (Å²) in [5.74, 6) is 0. The number of benzene rings is 1. The van der Waals surface area contributed by atoms with Gasteiger partial charge in [0.25, 0.3) is 0 Å². The van der Waals surface area contributed by atoms with Gasteiger partial charge in [-0.05, 0) is 25.5 Å². The lowest BCUT2D eigenvalue weighted by Crippen LogP contribution is -2.37. The van der Waals surface area contributed by atoms with E-state index in [0.717, 1.165) is 18.5 Å². The molecule has 0 aromatic heterocycles. The van der Waals surface area contributed by atoms with Gasteiger partial charge in [0.2, 0.25) is 0 Å². The second-order valence-electron chi connectivity index (χ2n) is 3.72. The molecule has 70 valence electrons. The minimum atomic E-state index is -0.665. The van der Waals surface area contributed by atoms with E-state index in [-0.39, 0.29) is 6.04 Å². The van der Waals surface area contributed by atoms with E-state index in [0.29, 0.717) is 0 Å². The fraction of sp³-hybridized carbons (Fsp3) is 0.455. The molecule has 1 aliphatic heterocycles. The summed E-state index contributed by atoms with van der Waals surface area (Å²) >= 11 is 0. The molecular weight excluding hydrogens is 162 g/mol. The summed E-state index contributed by atoms with van der Waals surface area (Å²) < 4.78 is 0. The molecule has 2 nitrogen and oxygen atoms in total. The lowest BCUT2D eigenvalue weighted by molar-refractivity contribution is 0.0293. The first-order valence-electron chi connectivity index (χ1n) is 4.75. The first-order chi connectivity index (χ1) is 6.23. The van der Waals surface area contributed by atoms with Crippen molar-refractivity contribution in [2.45, 2.75) is 25.0 Å². The highest BCUT2D eigenvalue weighted by molar-refractivity contribution is 5.25. The van der Waals surface area contributed by atoms with E-state index in [2.05, 4.69) is 5.32 Å². The first kappa shape index (κ1) is 8.73. The maximum absolute atomic E-state index is 10.4. The summed E-state index contributed by atoms with van der Waals surface area (Å²) in [5.41, 5.74) is 0.355. The van der Waals surface area contributed by atoms with Gasteiger partial charge >= 0.3 is 0 Å². The van der Waals surface area contributed by atoms with Crippen LogP contribution in [0.2, 0.25) is 0 Å². The third kappa shape index (κ3) is 1.36. The first-order valence-corrected chi connectivity index (χ1v) is 4.75. The van der Waals surface area contributed by atoms with Crippen molar-refractivity contribution in [2.75, 3.05) is 6.54 Å². The highest BCUT2D eigenvalue weighted by Gasteiger charge is 2.39. The van der Waals surface area contributed by atoms with Crippen molar-refractivity contribution in [3.63, 3.8) is 0 Å². The van der Waals surface area contributed by atoms with Gasteiger partial charge in [0.15, 0.2) is 0 Å². The molecule has 0 spiro atoms. The molecule has 1 aromatic rings. The van der Waals surface area contributed by atoms with E-state index in [1.165, 1.54) is 0 Å². The van der Waals surface area contributed by atoms with Gasteiger partial charge in [0.1, 0.15) is 5.60 Å². The molecule has 1 heterocycles. The molecule has 13 heavy (non-hydrogen) atoms. The molecule has 2 N–H and O–H groups in total. The van der Waals surface area contributed by atoms with Gasteiger partial charge in [0.05, 0.1) is 0 Å². The molecule has 1 saturated heterocycles. The van der Waals surface area contributed by atoms with Gasteiger partial charge in [-0.25, -0.2) is 0 Å². The van der Waals surface area contributed by atoms with Crippen molar-refractivity contribution >= 4 is 0 Å².